The van der Waals surface area contributed by atoms with Crippen molar-refractivity contribution in [1.82, 2.24) is 9.58 Å². The molecule has 1 fully saturated rings. The second-order valence-corrected chi connectivity index (χ2v) is 7.82. The van der Waals surface area contributed by atoms with Crippen molar-refractivity contribution in [3.05, 3.63) is 100.0 Å². The molecule has 158 valence electrons. The molecule has 31 heavy (non-hydrogen) atoms. The van der Waals surface area contributed by atoms with E-state index in [1.165, 1.54) is 6.07 Å². The Morgan fingerprint density at radius 1 is 0.935 bits per heavy atom. The van der Waals surface area contributed by atoms with Crippen molar-refractivity contribution in [2.24, 2.45) is 0 Å². The number of ether oxygens (including phenoxy) is 1. The molecule has 5 rings (SSSR count). The fraction of sp³-hybridized carbons (Fsp3) is 0.250. The zero-order valence-corrected chi connectivity index (χ0v) is 16.9. The van der Waals surface area contributed by atoms with Crippen LogP contribution in [0, 0.1) is 0 Å². The predicted octanol–water partition coefficient (Wildman–Crippen LogP) is 2.48. The lowest BCUT2D eigenvalue weighted by molar-refractivity contribution is 0.0564. The van der Waals surface area contributed by atoms with E-state index in [1.54, 1.807) is 15.8 Å². The van der Waals surface area contributed by atoms with Gasteiger partial charge in [-0.2, -0.15) is 0 Å². The highest BCUT2D eigenvalue weighted by atomic mass is 16.5. The van der Waals surface area contributed by atoms with Crippen LogP contribution in [-0.4, -0.2) is 46.5 Å². The number of benzene rings is 2. The fourth-order valence-electron chi connectivity index (χ4n) is 4.42. The zero-order valence-electron chi connectivity index (χ0n) is 16.9. The first-order valence-corrected chi connectivity index (χ1v) is 10.4. The number of aromatic nitrogens is 1. The Morgan fingerprint density at radius 3 is 2.16 bits per heavy atom. The van der Waals surface area contributed by atoms with Gasteiger partial charge in [-0.25, -0.2) is 0 Å². The van der Waals surface area contributed by atoms with Gasteiger partial charge in [0.05, 0.1) is 18.7 Å². The lowest BCUT2D eigenvalue weighted by Crippen LogP contribution is -2.58. The topological polar surface area (TPSA) is 75.0 Å². The van der Waals surface area contributed by atoms with Crippen LogP contribution in [0.3, 0.4) is 0 Å². The largest absolute Gasteiger partial charge is 0.502 e. The first-order valence-electron chi connectivity index (χ1n) is 10.4. The van der Waals surface area contributed by atoms with Gasteiger partial charge in [-0.05, 0) is 17.5 Å². The smallest absolute Gasteiger partial charge is 0.278 e. The van der Waals surface area contributed by atoms with E-state index < -0.39 is 11.2 Å². The van der Waals surface area contributed by atoms with Crippen LogP contribution >= 0.6 is 0 Å². The van der Waals surface area contributed by atoms with Crippen LogP contribution in [0.25, 0.3) is 0 Å². The molecule has 1 amide bonds. The van der Waals surface area contributed by atoms with E-state index in [0.717, 1.165) is 17.5 Å². The third kappa shape index (κ3) is 3.37. The van der Waals surface area contributed by atoms with Crippen molar-refractivity contribution in [1.29, 1.82) is 0 Å². The summed E-state index contributed by atoms with van der Waals surface area (Å²) < 4.78 is 7.14. The number of fused-ring (bicyclic) bond motifs is 1. The average molecular weight is 417 g/mol. The van der Waals surface area contributed by atoms with Crippen molar-refractivity contribution in [2.75, 3.05) is 24.9 Å². The van der Waals surface area contributed by atoms with Gasteiger partial charge in [0.1, 0.15) is 6.67 Å². The first kappa shape index (κ1) is 19.4. The van der Waals surface area contributed by atoms with Crippen molar-refractivity contribution in [3.8, 4) is 5.75 Å². The molecule has 0 radical (unpaired) electrons. The van der Waals surface area contributed by atoms with E-state index in [4.69, 9.17) is 4.74 Å². The van der Waals surface area contributed by atoms with Gasteiger partial charge in [0.25, 0.3) is 5.91 Å². The number of pyridine rings is 1. The maximum atomic E-state index is 13.3. The Morgan fingerprint density at radius 2 is 1.58 bits per heavy atom. The number of aromatic hydroxyl groups is 1. The SMILES string of the molecule is O=C1c2c(O)c(=O)ccn2N(C(c2ccccc2)c2ccccc2)CN1C1CCOC1. The van der Waals surface area contributed by atoms with E-state index in [9.17, 15) is 14.7 Å². The van der Waals surface area contributed by atoms with Crippen LogP contribution in [0.5, 0.6) is 5.75 Å². The second-order valence-electron chi connectivity index (χ2n) is 7.82. The third-order valence-electron chi connectivity index (χ3n) is 5.97. The summed E-state index contributed by atoms with van der Waals surface area (Å²) in [5.74, 6) is -0.886. The van der Waals surface area contributed by atoms with Crippen LogP contribution in [0.2, 0.25) is 0 Å². The number of nitrogens with zero attached hydrogens (tertiary/aromatic N) is 3. The minimum Gasteiger partial charge on any atom is -0.502 e. The van der Waals surface area contributed by atoms with Crippen LogP contribution in [0.4, 0.5) is 0 Å². The molecule has 0 spiro atoms. The zero-order chi connectivity index (χ0) is 21.4. The molecule has 2 aliphatic rings. The van der Waals surface area contributed by atoms with Gasteiger partial charge in [0.2, 0.25) is 5.43 Å². The van der Waals surface area contributed by atoms with Gasteiger partial charge < -0.3 is 14.7 Å². The summed E-state index contributed by atoms with van der Waals surface area (Å²) in [5.41, 5.74) is 1.49. The Kier molecular flexibility index (Phi) is 4.95. The van der Waals surface area contributed by atoms with Gasteiger partial charge in [0, 0.05) is 18.9 Å². The van der Waals surface area contributed by atoms with Crippen LogP contribution in [0.15, 0.2) is 77.7 Å². The minimum absolute atomic E-state index is 0.0116. The highest BCUT2D eigenvalue weighted by Gasteiger charge is 2.40. The van der Waals surface area contributed by atoms with Crippen molar-refractivity contribution < 1.29 is 14.6 Å². The van der Waals surface area contributed by atoms with Gasteiger partial charge >= 0.3 is 0 Å². The van der Waals surface area contributed by atoms with E-state index in [1.807, 2.05) is 65.7 Å². The number of amides is 1. The molecule has 0 bridgehead atoms. The Hall–Kier alpha value is -3.58. The summed E-state index contributed by atoms with van der Waals surface area (Å²) in [7, 11) is 0. The van der Waals surface area contributed by atoms with E-state index in [0.29, 0.717) is 19.9 Å². The van der Waals surface area contributed by atoms with Crippen molar-refractivity contribution >= 4 is 5.91 Å². The summed E-state index contributed by atoms with van der Waals surface area (Å²) in [6.07, 6.45) is 2.29. The molecule has 3 heterocycles. The summed E-state index contributed by atoms with van der Waals surface area (Å²) >= 11 is 0. The molecule has 7 heteroatoms. The molecule has 1 aromatic heterocycles. The quantitative estimate of drug-likeness (QED) is 0.706. The lowest BCUT2D eigenvalue weighted by atomic mass is 9.98. The first-order chi connectivity index (χ1) is 15.1. The number of carbonyl (C=O) groups is 1. The van der Waals surface area contributed by atoms with Crippen LogP contribution in [0.1, 0.15) is 34.1 Å². The molecule has 3 aromatic rings. The molecule has 0 aliphatic carbocycles. The molecule has 0 saturated carbocycles. The number of hydrogen-bond acceptors (Lipinski definition) is 5. The summed E-state index contributed by atoms with van der Waals surface area (Å²) in [5, 5.41) is 12.6. The Balaban J connectivity index is 1.70. The van der Waals surface area contributed by atoms with Crippen molar-refractivity contribution in [2.45, 2.75) is 18.5 Å². The highest BCUT2D eigenvalue weighted by molar-refractivity contribution is 5.96. The standard InChI is InChI=1S/C24H23N3O4/c28-20-11-13-26-22(23(20)29)24(30)25(19-12-14-31-15-19)16-27(26)21(17-7-3-1-4-8-17)18-9-5-2-6-10-18/h1-11,13,19,21,29H,12,14-16H2. The molecule has 2 aromatic carbocycles. The lowest BCUT2D eigenvalue weighted by Gasteiger charge is -2.45. The van der Waals surface area contributed by atoms with Crippen LogP contribution in [-0.2, 0) is 4.74 Å². The van der Waals surface area contributed by atoms with Gasteiger partial charge in [-0.15, -0.1) is 0 Å². The summed E-state index contributed by atoms with van der Waals surface area (Å²) in [6.45, 7) is 1.33. The van der Waals surface area contributed by atoms with E-state index >= 15 is 0 Å². The van der Waals surface area contributed by atoms with Gasteiger partial charge in [-0.1, -0.05) is 60.7 Å². The van der Waals surface area contributed by atoms with Gasteiger partial charge in [0.15, 0.2) is 11.4 Å². The molecule has 1 atom stereocenters. The monoisotopic (exact) mass is 417 g/mol. The fourth-order valence-corrected chi connectivity index (χ4v) is 4.42. The van der Waals surface area contributed by atoms with Gasteiger partial charge in [-0.3, -0.25) is 19.3 Å². The summed E-state index contributed by atoms with van der Waals surface area (Å²) in [6, 6.07) is 21.0. The van der Waals surface area contributed by atoms with E-state index in [-0.39, 0.29) is 23.7 Å². The number of hydrogen-bond donors (Lipinski definition) is 1. The molecule has 2 aliphatic heterocycles. The average Bonchev–Trinajstić information content (AvgIpc) is 3.34. The van der Waals surface area contributed by atoms with E-state index in [2.05, 4.69) is 0 Å². The number of carbonyl (C=O) groups excluding carboxylic acids is 1. The molecule has 1 unspecified atom stereocenters. The Labute approximate surface area is 179 Å². The molecule has 1 N–H and O–H groups in total. The highest BCUT2D eigenvalue weighted by Crippen LogP contribution is 2.33. The number of rotatable bonds is 4. The minimum atomic E-state index is -0.569. The molecule has 1 saturated heterocycles. The Bertz CT molecular complexity index is 1100. The van der Waals surface area contributed by atoms with Crippen molar-refractivity contribution in [3.63, 3.8) is 0 Å². The summed E-state index contributed by atoms with van der Waals surface area (Å²) in [4.78, 5) is 27.3. The predicted molar refractivity (Wildman–Crippen MR) is 116 cm³/mol. The maximum absolute atomic E-state index is 13.3. The second kappa shape index (κ2) is 7.92. The molecule has 7 nitrogen and oxygen atoms in total. The van der Waals surface area contributed by atoms with Crippen LogP contribution < -0.4 is 10.4 Å². The maximum Gasteiger partial charge on any atom is 0.278 e. The molecular formula is C24H23N3O4. The normalized spacial score (nSPS) is 18.5. The molecular weight excluding hydrogens is 394 g/mol. The third-order valence-corrected chi connectivity index (χ3v) is 5.97.